The van der Waals surface area contributed by atoms with E-state index in [0.29, 0.717) is 26.3 Å². The SMILES string of the molecule is O=S(=O)(Nc1cccc(F)n1)c1c(F)cc(N2CCC(N3CCOCC3)C2)c(Cl)c1F. The molecule has 0 spiro atoms. The number of hydrogen-bond donors (Lipinski definition) is 1. The number of benzene rings is 1. The second-order valence-electron chi connectivity index (χ2n) is 7.32. The van der Waals surface area contributed by atoms with Crippen molar-refractivity contribution in [3.8, 4) is 0 Å². The number of nitrogens with one attached hydrogen (secondary N) is 1. The summed E-state index contributed by atoms with van der Waals surface area (Å²) in [5, 5.41) is -0.489. The highest BCUT2D eigenvalue weighted by molar-refractivity contribution is 7.92. The highest BCUT2D eigenvalue weighted by atomic mass is 35.5. The van der Waals surface area contributed by atoms with Crippen molar-refractivity contribution in [2.75, 3.05) is 49.0 Å². The fourth-order valence-corrected chi connectivity index (χ4v) is 5.37. The molecule has 12 heteroatoms. The Morgan fingerprint density at radius 1 is 1.16 bits per heavy atom. The van der Waals surface area contributed by atoms with Gasteiger partial charge in [-0.1, -0.05) is 17.7 Å². The summed E-state index contributed by atoms with van der Waals surface area (Å²) in [7, 11) is -4.74. The van der Waals surface area contributed by atoms with E-state index in [4.69, 9.17) is 16.3 Å². The van der Waals surface area contributed by atoms with Crippen molar-refractivity contribution in [1.29, 1.82) is 0 Å². The van der Waals surface area contributed by atoms with Gasteiger partial charge in [-0.2, -0.15) is 4.39 Å². The van der Waals surface area contributed by atoms with E-state index < -0.39 is 43.3 Å². The van der Waals surface area contributed by atoms with Gasteiger partial charge >= 0.3 is 0 Å². The Labute approximate surface area is 182 Å². The van der Waals surface area contributed by atoms with Crippen LogP contribution in [0, 0.1) is 17.6 Å². The Morgan fingerprint density at radius 2 is 1.90 bits per heavy atom. The number of rotatable bonds is 5. The first-order valence-electron chi connectivity index (χ1n) is 9.66. The zero-order valence-corrected chi connectivity index (χ0v) is 17.9. The fraction of sp³-hybridized carbons (Fsp3) is 0.421. The van der Waals surface area contributed by atoms with E-state index in [-0.39, 0.29) is 11.7 Å². The first-order chi connectivity index (χ1) is 14.8. The quantitative estimate of drug-likeness (QED) is 0.528. The van der Waals surface area contributed by atoms with Crippen LogP contribution in [0.15, 0.2) is 29.2 Å². The molecule has 2 aromatic rings. The average molecular weight is 477 g/mol. The minimum absolute atomic E-state index is 0.0928. The van der Waals surface area contributed by atoms with E-state index in [2.05, 4.69) is 9.88 Å². The van der Waals surface area contributed by atoms with E-state index in [9.17, 15) is 21.6 Å². The van der Waals surface area contributed by atoms with Crippen LogP contribution in [0.4, 0.5) is 24.7 Å². The van der Waals surface area contributed by atoms with E-state index in [1.807, 2.05) is 4.72 Å². The maximum absolute atomic E-state index is 15.0. The molecule has 168 valence electrons. The minimum Gasteiger partial charge on any atom is -0.379 e. The maximum Gasteiger partial charge on any atom is 0.268 e. The Morgan fingerprint density at radius 3 is 2.61 bits per heavy atom. The van der Waals surface area contributed by atoms with Gasteiger partial charge in [-0.3, -0.25) is 9.62 Å². The average Bonchev–Trinajstić information content (AvgIpc) is 3.21. The molecule has 1 N–H and O–H groups in total. The van der Waals surface area contributed by atoms with Gasteiger partial charge in [-0.25, -0.2) is 22.2 Å². The van der Waals surface area contributed by atoms with Crippen LogP contribution >= 0.6 is 11.6 Å². The summed E-state index contributed by atoms with van der Waals surface area (Å²) < 4.78 is 75.3. The van der Waals surface area contributed by atoms with Gasteiger partial charge in [0, 0.05) is 38.3 Å². The van der Waals surface area contributed by atoms with Crippen molar-refractivity contribution in [1.82, 2.24) is 9.88 Å². The Balaban J connectivity index is 1.59. The lowest BCUT2D eigenvalue weighted by molar-refractivity contribution is 0.0209. The second kappa shape index (κ2) is 8.81. The molecule has 0 saturated carbocycles. The standard InChI is InChI=1S/C19H20ClF3N4O3S/c20-17-14(27-5-4-12(11-27)26-6-8-30-9-7-26)10-13(21)19(18(17)23)31(28,29)25-16-3-1-2-15(22)24-16/h1-3,10,12H,4-9,11H2,(H,24,25). The highest BCUT2D eigenvalue weighted by Crippen LogP contribution is 2.37. The topological polar surface area (TPSA) is 74.8 Å². The summed E-state index contributed by atoms with van der Waals surface area (Å²) in [4.78, 5) is 6.11. The van der Waals surface area contributed by atoms with Crippen molar-refractivity contribution in [3.05, 3.63) is 46.9 Å². The predicted molar refractivity (Wildman–Crippen MR) is 109 cm³/mol. The van der Waals surface area contributed by atoms with Gasteiger partial charge in [-0.05, 0) is 18.6 Å². The number of ether oxygens (including phenoxy) is 1. The molecule has 2 fully saturated rings. The summed E-state index contributed by atoms with van der Waals surface area (Å²) in [6.07, 6.45) is 0.784. The molecule has 1 unspecified atom stereocenters. The van der Waals surface area contributed by atoms with Crippen molar-refractivity contribution < 1.29 is 26.3 Å². The molecule has 0 bridgehead atoms. The summed E-state index contributed by atoms with van der Waals surface area (Å²) in [5.74, 6) is -4.06. The van der Waals surface area contributed by atoms with Gasteiger partial charge in [0.1, 0.15) is 16.7 Å². The van der Waals surface area contributed by atoms with Gasteiger partial charge in [0.2, 0.25) is 5.95 Å². The zero-order chi connectivity index (χ0) is 22.2. The first-order valence-corrected chi connectivity index (χ1v) is 11.5. The van der Waals surface area contributed by atoms with E-state index in [1.54, 1.807) is 4.90 Å². The molecule has 1 atom stereocenters. The van der Waals surface area contributed by atoms with Crippen LogP contribution < -0.4 is 9.62 Å². The lowest BCUT2D eigenvalue weighted by atomic mass is 10.2. The third-order valence-corrected chi connectivity index (χ3v) is 7.14. The van der Waals surface area contributed by atoms with Crippen molar-refractivity contribution >= 4 is 33.1 Å². The molecule has 2 saturated heterocycles. The molecule has 0 aliphatic carbocycles. The van der Waals surface area contributed by atoms with Crippen LogP contribution in [0.25, 0.3) is 0 Å². The van der Waals surface area contributed by atoms with Gasteiger partial charge in [0.15, 0.2) is 10.7 Å². The maximum atomic E-state index is 15.0. The van der Waals surface area contributed by atoms with Crippen LogP contribution in [-0.2, 0) is 14.8 Å². The molecule has 2 aliphatic heterocycles. The summed E-state index contributed by atoms with van der Waals surface area (Å²) in [5.41, 5.74) is 0.0928. The monoisotopic (exact) mass is 476 g/mol. The van der Waals surface area contributed by atoms with Crippen LogP contribution in [0.1, 0.15) is 6.42 Å². The predicted octanol–water partition coefficient (Wildman–Crippen LogP) is 2.86. The summed E-state index contributed by atoms with van der Waals surface area (Å²) in [6, 6.07) is 4.48. The van der Waals surface area contributed by atoms with Crippen molar-refractivity contribution in [2.45, 2.75) is 17.4 Å². The summed E-state index contributed by atoms with van der Waals surface area (Å²) >= 11 is 6.13. The van der Waals surface area contributed by atoms with Crippen molar-refractivity contribution in [2.24, 2.45) is 0 Å². The Bertz CT molecular complexity index is 1080. The number of sulfonamides is 1. The molecule has 7 nitrogen and oxygen atoms in total. The third-order valence-electron chi connectivity index (χ3n) is 5.39. The minimum atomic E-state index is -4.74. The van der Waals surface area contributed by atoms with Gasteiger partial charge < -0.3 is 9.64 Å². The normalized spacial score (nSPS) is 20.3. The van der Waals surface area contributed by atoms with Gasteiger partial charge in [0.05, 0.1) is 18.9 Å². The van der Waals surface area contributed by atoms with Crippen LogP contribution in [0.2, 0.25) is 5.02 Å². The first kappa shape index (κ1) is 22.1. The third kappa shape index (κ3) is 4.59. The number of nitrogens with zero attached hydrogens (tertiary/aromatic N) is 3. The number of pyridine rings is 1. The molecular formula is C19H20ClF3N4O3S. The lowest BCUT2D eigenvalue weighted by Gasteiger charge is -2.32. The van der Waals surface area contributed by atoms with Gasteiger partial charge in [-0.15, -0.1) is 0 Å². The van der Waals surface area contributed by atoms with E-state index in [0.717, 1.165) is 37.7 Å². The van der Waals surface area contributed by atoms with E-state index in [1.165, 1.54) is 6.07 Å². The van der Waals surface area contributed by atoms with Crippen LogP contribution in [0.3, 0.4) is 0 Å². The largest absolute Gasteiger partial charge is 0.379 e. The zero-order valence-electron chi connectivity index (χ0n) is 16.3. The number of hydrogen-bond acceptors (Lipinski definition) is 6. The lowest BCUT2D eigenvalue weighted by Crippen LogP contribution is -2.44. The Kier molecular flexibility index (Phi) is 6.29. The molecule has 2 aliphatic rings. The highest BCUT2D eigenvalue weighted by Gasteiger charge is 2.34. The van der Waals surface area contributed by atoms with E-state index >= 15 is 0 Å². The number of anilines is 2. The van der Waals surface area contributed by atoms with Gasteiger partial charge in [0.25, 0.3) is 10.0 Å². The summed E-state index contributed by atoms with van der Waals surface area (Å²) in [6.45, 7) is 3.88. The molecule has 0 amide bonds. The number of halogens is 4. The fourth-order valence-electron chi connectivity index (χ4n) is 3.90. The van der Waals surface area contributed by atoms with Crippen LogP contribution in [0.5, 0.6) is 0 Å². The Hall–Kier alpha value is -2.08. The smallest absolute Gasteiger partial charge is 0.268 e. The molecule has 4 rings (SSSR count). The number of aromatic nitrogens is 1. The molecule has 1 aromatic carbocycles. The van der Waals surface area contributed by atoms with Crippen LogP contribution in [-0.4, -0.2) is 63.7 Å². The molecule has 1 aromatic heterocycles. The second-order valence-corrected chi connectivity index (χ2v) is 9.32. The molecule has 3 heterocycles. The molecule has 0 radical (unpaired) electrons. The molecular weight excluding hydrogens is 457 g/mol. The van der Waals surface area contributed by atoms with Crippen molar-refractivity contribution in [3.63, 3.8) is 0 Å². The molecule has 31 heavy (non-hydrogen) atoms. The number of morpholine rings is 1.